The molecule has 0 aliphatic carbocycles. The number of phenolic OH excluding ortho intramolecular Hbond substituents is 1. The van der Waals surface area contributed by atoms with Gasteiger partial charge in [-0.3, -0.25) is 0 Å². The number of carbonyl (C=O) groups is 1. The van der Waals surface area contributed by atoms with Crippen molar-refractivity contribution in [3.05, 3.63) is 77.1 Å². The fraction of sp³-hybridized carbons (Fsp3) is 0.136. The molecule has 2 aliphatic heterocycles. The van der Waals surface area contributed by atoms with Gasteiger partial charge in [0, 0.05) is 17.2 Å². The van der Waals surface area contributed by atoms with Crippen LogP contribution in [0.25, 0.3) is 17.7 Å². The van der Waals surface area contributed by atoms with Gasteiger partial charge in [0.05, 0.1) is 0 Å². The predicted octanol–water partition coefficient (Wildman–Crippen LogP) is 4.56. The Morgan fingerprint density at radius 2 is 1.85 bits per heavy atom. The largest absolute Gasteiger partial charge is 0.508 e. The first kappa shape index (κ1) is 16.2. The number of esters is 1. The van der Waals surface area contributed by atoms with Crippen molar-refractivity contribution in [2.24, 2.45) is 0 Å². The molecule has 2 aromatic carbocycles. The average Bonchev–Trinajstić information content (AvgIpc) is 2.95. The van der Waals surface area contributed by atoms with Crippen LogP contribution in [0.2, 0.25) is 0 Å². The Labute approximate surface area is 151 Å². The standard InChI is InChI=1S/C22H18O4/c1-22(2)10-9-16-11-14(3-8-19(16)26-22)12-20-18(13-21(24)25-20)15-4-6-17(23)7-5-15/h3-13,23H,1-2H3/b20-12-. The van der Waals surface area contributed by atoms with Crippen LogP contribution in [0.3, 0.4) is 0 Å². The van der Waals surface area contributed by atoms with Crippen LogP contribution in [0.5, 0.6) is 11.5 Å². The monoisotopic (exact) mass is 346 g/mol. The molecule has 0 saturated carbocycles. The quantitative estimate of drug-likeness (QED) is 0.810. The highest BCUT2D eigenvalue weighted by Crippen LogP contribution is 2.35. The second-order valence-corrected chi connectivity index (χ2v) is 6.87. The molecule has 0 atom stereocenters. The summed E-state index contributed by atoms with van der Waals surface area (Å²) in [7, 11) is 0. The molecular weight excluding hydrogens is 328 g/mol. The highest BCUT2D eigenvalue weighted by molar-refractivity contribution is 6.03. The minimum absolute atomic E-state index is 0.175. The number of hydrogen-bond donors (Lipinski definition) is 1. The normalized spacial score (nSPS) is 18.9. The van der Waals surface area contributed by atoms with Crippen molar-refractivity contribution in [2.45, 2.75) is 19.4 Å². The SMILES string of the molecule is CC1(C)C=Cc2cc(/C=C3\OC(=O)C=C3c3ccc(O)cc3)ccc2O1. The summed E-state index contributed by atoms with van der Waals surface area (Å²) in [6.45, 7) is 4.02. The molecule has 0 radical (unpaired) electrons. The van der Waals surface area contributed by atoms with E-state index in [4.69, 9.17) is 9.47 Å². The Hall–Kier alpha value is -3.27. The number of allylic oxidation sites excluding steroid dienone is 1. The number of benzene rings is 2. The molecule has 0 unspecified atom stereocenters. The van der Waals surface area contributed by atoms with Gasteiger partial charge in [-0.2, -0.15) is 0 Å². The van der Waals surface area contributed by atoms with Gasteiger partial charge < -0.3 is 14.6 Å². The topological polar surface area (TPSA) is 55.8 Å². The molecule has 1 N–H and O–H groups in total. The molecule has 0 bridgehead atoms. The summed E-state index contributed by atoms with van der Waals surface area (Å²) in [6, 6.07) is 12.5. The van der Waals surface area contributed by atoms with E-state index in [9.17, 15) is 9.90 Å². The Balaban J connectivity index is 1.69. The maximum Gasteiger partial charge on any atom is 0.336 e. The molecule has 0 aromatic heterocycles. The lowest BCUT2D eigenvalue weighted by Crippen LogP contribution is -2.27. The molecule has 0 amide bonds. The molecule has 0 spiro atoms. The minimum Gasteiger partial charge on any atom is -0.508 e. The molecule has 0 saturated heterocycles. The molecule has 130 valence electrons. The zero-order valence-electron chi connectivity index (χ0n) is 14.5. The van der Waals surface area contributed by atoms with Crippen LogP contribution in [0.1, 0.15) is 30.5 Å². The Bertz CT molecular complexity index is 976. The van der Waals surface area contributed by atoms with Gasteiger partial charge in [-0.1, -0.05) is 24.3 Å². The third-order valence-corrected chi connectivity index (χ3v) is 4.29. The van der Waals surface area contributed by atoms with Crippen molar-refractivity contribution in [1.29, 1.82) is 0 Å². The van der Waals surface area contributed by atoms with Crippen molar-refractivity contribution >= 4 is 23.7 Å². The van der Waals surface area contributed by atoms with Crippen LogP contribution in [-0.4, -0.2) is 16.7 Å². The number of aromatic hydroxyl groups is 1. The summed E-state index contributed by atoms with van der Waals surface area (Å²) in [5, 5.41) is 9.45. The van der Waals surface area contributed by atoms with Gasteiger partial charge in [-0.05, 0) is 61.4 Å². The summed E-state index contributed by atoms with van der Waals surface area (Å²) in [4.78, 5) is 11.8. The number of hydrogen-bond acceptors (Lipinski definition) is 4. The van der Waals surface area contributed by atoms with Gasteiger partial charge in [0.25, 0.3) is 0 Å². The van der Waals surface area contributed by atoms with E-state index in [2.05, 4.69) is 0 Å². The predicted molar refractivity (Wildman–Crippen MR) is 100 cm³/mol. The number of cyclic esters (lactones) is 1. The van der Waals surface area contributed by atoms with Gasteiger partial charge >= 0.3 is 5.97 Å². The Kier molecular flexibility index (Phi) is 3.69. The van der Waals surface area contributed by atoms with Crippen LogP contribution in [0.4, 0.5) is 0 Å². The number of carbonyl (C=O) groups excluding carboxylic acids is 1. The molecule has 0 fully saturated rings. The van der Waals surface area contributed by atoms with E-state index >= 15 is 0 Å². The van der Waals surface area contributed by atoms with Crippen LogP contribution >= 0.6 is 0 Å². The van der Waals surface area contributed by atoms with E-state index in [1.165, 1.54) is 6.08 Å². The fourth-order valence-corrected chi connectivity index (χ4v) is 2.99. The fourth-order valence-electron chi connectivity index (χ4n) is 2.99. The van der Waals surface area contributed by atoms with Gasteiger partial charge in [-0.15, -0.1) is 0 Å². The van der Waals surface area contributed by atoms with Crippen LogP contribution in [0, 0.1) is 0 Å². The second-order valence-electron chi connectivity index (χ2n) is 6.87. The van der Waals surface area contributed by atoms with E-state index in [0.29, 0.717) is 11.3 Å². The average molecular weight is 346 g/mol. The van der Waals surface area contributed by atoms with Gasteiger partial charge in [0.15, 0.2) is 0 Å². The highest BCUT2D eigenvalue weighted by Gasteiger charge is 2.23. The van der Waals surface area contributed by atoms with E-state index in [0.717, 1.165) is 22.4 Å². The van der Waals surface area contributed by atoms with Crippen molar-refractivity contribution in [2.75, 3.05) is 0 Å². The summed E-state index contributed by atoms with van der Waals surface area (Å²) >= 11 is 0. The van der Waals surface area contributed by atoms with Crippen molar-refractivity contribution < 1.29 is 19.4 Å². The van der Waals surface area contributed by atoms with E-state index in [-0.39, 0.29) is 11.4 Å². The van der Waals surface area contributed by atoms with Crippen LogP contribution in [0.15, 0.2) is 60.4 Å². The molecule has 4 rings (SSSR count). The zero-order valence-corrected chi connectivity index (χ0v) is 14.5. The first-order valence-electron chi connectivity index (χ1n) is 8.37. The number of ether oxygens (including phenoxy) is 2. The Morgan fingerprint density at radius 1 is 1.08 bits per heavy atom. The molecule has 2 heterocycles. The summed E-state index contributed by atoms with van der Waals surface area (Å²) < 4.78 is 11.3. The summed E-state index contributed by atoms with van der Waals surface area (Å²) in [5.74, 6) is 1.09. The summed E-state index contributed by atoms with van der Waals surface area (Å²) in [6.07, 6.45) is 7.35. The van der Waals surface area contributed by atoms with Gasteiger partial charge in [-0.25, -0.2) is 4.79 Å². The van der Waals surface area contributed by atoms with E-state index in [1.54, 1.807) is 24.3 Å². The first-order chi connectivity index (χ1) is 12.4. The van der Waals surface area contributed by atoms with Crippen molar-refractivity contribution in [1.82, 2.24) is 0 Å². The lowest BCUT2D eigenvalue weighted by atomic mass is 9.99. The van der Waals surface area contributed by atoms with Crippen LogP contribution < -0.4 is 4.74 Å². The van der Waals surface area contributed by atoms with Crippen molar-refractivity contribution in [3.63, 3.8) is 0 Å². The summed E-state index contributed by atoms with van der Waals surface area (Å²) in [5.41, 5.74) is 3.08. The lowest BCUT2D eigenvalue weighted by molar-refractivity contribution is -0.132. The Morgan fingerprint density at radius 3 is 2.62 bits per heavy atom. The first-order valence-corrected chi connectivity index (χ1v) is 8.37. The van der Waals surface area contributed by atoms with Crippen LogP contribution in [-0.2, 0) is 9.53 Å². The van der Waals surface area contributed by atoms with E-state index < -0.39 is 5.97 Å². The smallest absolute Gasteiger partial charge is 0.336 e. The molecule has 2 aromatic rings. The lowest BCUT2D eigenvalue weighted by Gasteiger charge is -2.27. The molecule has 26 heavy (non-hydrogen) atoms. The molecule has 4 nitrogen and oxygen atoms in total. The third kappa shape index (κ3) is 3.14. The van der Waals surface area contributed by atoms with Crippen molar-refractivity contribution in [3.8, 4) is 11.5 Å². The molecule has 2 aliphatic rings. The molecular formula is C22H18O4. The second kappa shape index (κ2) is 5.92. The maximum absolute atomic E-state index is 11.8. The maximum atomic E-state index is 11.8. The number of phenols is 1. The number of fused-ring (bicyclic) bond motifs is 1. The minimum atomic E-state index is -0.401. The molecule has 4 heteroatoms. The van der Waals surface area contributed by atoms with E-state index in [1.807, 2.05) is 50.3 Å². The van der Waals surface area contributed by atoms with Gasteiger partial charge in [0.1, 0.15) is 22.9 Å². The highest BCUT2D eigenvalue weighted by atomic mass is 16.5. The zero-order chi connectivity index (χ0) is 18.3. The number of rotatable bonds is 2. The van der Waals surface area contributed by atoms with Gasteiger partial charge in [0.2, 0.25) is 0 Å². The third-order valence-electron chi connectivity index (χ3n) is 4.29.